The first-order valence-corrected chi connectivity index (χ1v) is 7.75. The zero-order valence-corrected chi connectivity index (χ0v) is 14.3. The van der Waals surface area contributed by atoms with Gasteiger partial charge in [0, 0.05) is 17.3 Å². The zero-order valence-electron chi connectivity index (χ0n) is 11.2. The van der Waals surface area contributed by atoms with E-state index in [1.807, 2.05) is 37.3 Å². The number of rotatable bonds is 3. The van der Waals surface area contributed by atoms with Crippen molar-refractivity contribution < 1.29 is 0 Å². The smallest absolute Gasteiger partial charge is 0.171 e. The number of nitrogens with one attached hydrogen (secondary N) is 2. The summed E-state index contributed by atoms with van der Waals surface area (Å²) >= 11 is 23.1. The van der Waals surface area contributed by atoms with Gasteiger partial charge in [0.1, 0.15) is 0 Å². The first kappa shape index (κ1) is 16.4. The van der Waals surface area contributed by atoms with Crippen molar-refractivity contribution in [2.45, 2.75) is 13.5 Å². The quantitative estimate of drug-likeness (QED) is 0.713. The lowest BCUT2D eigenvalue weighted by molar-refractivity contribution is 0.926. The zero-order chi connectivity index (χ0) is 15.4. The Hall–Kier alpha value is -1.000. The number of thiocarbonyl (C=S) groups is 1. The molecule has 6 heteroatoms. The molecule has 0 aliphatic heterocycles. The maximum atomic E-state index is 5.97. The molecular formula is C15H13Cl3N2S. The summed E-state index contributed by atoms with van der Waals surface area (Å²) in [5.41, 5.74) is 2.95. The van der Waals surface area contributed by atoms with Gasteiger partial charge in [-0.2, -0.15) is 0 Å². The molecule has 0 aliphatic rings. The van der Waals surface area contributed by atoms with Gasteiger partial charge in [-0.1, -0.05) is 46.9 Å². The lowest BCUT2D eigenvalue weighted by Gasteiger charge is -2.13. The molecule has 0 radical (unpaired) electrons. The van der Waals surface area contributed by atoms with E-state index >= 15 is 0 Å². The average molecular weight is 360 g/mol. The molecule has 0 amide bonds. The van der Waals surface area contributed by atoms with Gasteiger partial charge in [0.05, 0.1) is 10.0 Å². The minimum atomic E-state index is 0.520. The molecule has 2 N–H and O–H groups in total. The molecule has 2 rings (SSSR count). The van der Waals surface area contributed by atoms with E-state index in [-0.39, 0.29) is 0 Å². The standard InChI is InChI=1S/C15H13Cl3N2S/c1-9-2-4-11(16)7-14(9)20-15(21)19-8-10-3-5-12(17)13(18)6-10/h2-7H,8H2,1H3,(H2,19,20,21). The van der Waals surface area contributed by atoms with Gasteiger partial charge in [-0.05, 0) is 54.5 Å². The van der Waals surface area contributed by atoms with Gasteiger partial charge < -0.3 is 10.6 Å². The molecule has 21 heavy (non-hydrogen) atoms. The van der Waals surface area contributed by atoms with Crippen molar-refractivity contribution >= 4 is 57.8 Å². The minimum absolute atomic E-state index is 0.520. The van der Waals surface area contributed by atoms with Crippen molar-refractivity contribution in [2.24, 2.45) is 0 Å². The Morgan fingerprint density at radius 2 is 1.81 bits per heavy atom. The van der Waals surface area contributed by atoms with Crippen LogP contribution in [0, 0.1) is 6.92 Å². The maximum Gasteiger partial charge on any atom is 0.171 e. The van der Waals surface area contributed by atoms with Crippen LogP contribution >= 0.6 is 47.0 Å². The highest BCUT2D eigenvalue weighted by Crippen LogP contribution is 2.23. The highest BCUT2D eigenvalue weighted by Gasteiger charge is 2.03. The fraction of sp³-hybridized carbons (Fsp3) is 0.133. The van der Waals surface area contributed by atoms with E-state index in [1.54, 1.807) is 6.07 Å². The highest BCUT2D eigenvalue weighted by molar-refractivity contribution is 7.80. The van der Waals surface area contributed by atoms with Gasteiger partial charge >= 0.3 is 0 Å². The molecular weight excluding hydrogens is 347 g/mol. The highest BCUT2D eigenvalue weighted by atomic mass is 35.5. The van der Waals surface area contributed by atoms with Crippen LogP contribution in [0.5, 0.6) is 0 Å². The van der Waals surface area contributed by atoms with Gasteiger partial charge in [0.25, 0.3) is 0 Å². The molecule has 0 aliphatic carbocycles. The summed E-state index contributed by atoms with van der Waals surface area (Å²) in [6.07, 6.45) is 0. The van der Waals surface area contributed by atoms with E-state index in [1.165, 1.54) is 0 Å². The van der Waals surface area contributed by atoms with Crippen LogP contribution in [0.25, 0.3) is 0 Å². The van der Waals surface area contributed by atoms with Crippen molar-refractivity contribution in [3.63, 3.8) is 0 Å². The summed E-state index contributed by atoms with van der Waals surface area (Å²) in [5, 5.41) is 8.49. The number of benzene rings is 2. The van der Waals surface area contributed by atoms with E-state index < -0.39 is 0 Å². The molecule has 110 valence electrons. The lowest BCUT2D eigenvalue weighted by Crippen LogP contribution is -2.28. The fourth-order valence-corrected chi connectivity index (χ4v) is 2.40. The Morgan fingerprint density at radius 3 is 2.52 bits per heavy atom. The van der Waals surface area contributed by atoms with Crippen molar-refractivity contribution in [1.82, 2.24) is 5.32 Å². The summed E-state index contributed by atoms with van der Waals surface area (Å²) in [4.78, 5) is 0. The molecule has 0 aromatic heterocycles. The monoisotopic (exact) mass is 358 g/mol. The lowest BCUT2D eigenvalue weighted by atomic mass is 10.2. The summed E-state index contributed by atoms with van der Waals surface area (Å²) < 4.78 is 0. The Kier molecular flexibility index (Phi) is 5.71. The normalized spacial score (nSPS) is 10.3. The summed E-state index contributed by atoms with van der Waals surface area (Å²) in [5.74, 6) is 0. The number of halogens is 3. The maximum absolute atomic E-state index is 5.97. The van der Waals surface area contributed by atoms with Crippen molar-refractivity contribution in [1.29, 1.82) is 0 Å². The molecule has 0 fully saturated rings. The number of aryl methyl sites for hydroxylation is 1. The van der Waals surface area contributed by atoms with Crippen molar-refractivity contribution in [3.8, 4) is 0 Å². The summed E-state index contributed by atoms with van der Waals surface area (Å²) in [7, 11) is 0. The third kappa shape index (κ3) is 4.75. The summed E-state index contributed by atoms with van der Waals surface area (Å²) in [6.45, 7) is 2.54. The Labute approximate surface area is 144 Å². The third-order valence-electron chi connectivity index (χ3n) is 2.88. The molecule has 2 aromatic rings. The van der Waals surface area contributed by atoms with Crippen molar-refractivity contribution in [2.75, 3.05) is 5.32 Å². The molecule has 0 atom stereocenters. The van der Waals surface area contributed by atoms with E-state index in [4.69, 9.17) is 47.0 Å². The third-order valence-corrected chi connectivity index (χ3v) is 4.11. The largest absolute Gasteiger partial charge is 0.358 e. The van der Waals surface area contributed by atoms with Crippen LogP contribution in [-0.2, 0) is 6.54 Å². The van der Waals surface area contributed by atoms with Crippen LogP contribution in [0.15, 0.2) is 36.4 Å². The predicted octanol–water partition coefficient (Wildman–Crippen LogP) is 5.44. The van der Waals surface area contributed by atoms with Gasteiger partial charge in [-0.25, -0.2) is 0 Å². The van der Waals surface area contributed by atoms with Gasteiger partial charge in [-0.15, -0.1) is 0 Å². The number of hydrogen-bond acceptors (Lipinski definition) is 1. The first-order chi connectivity index (χ1) is 9.95. The molecule has 0 saturated heterocycles. The first-order valence-electron chi connectivity index (χ1n) is 6.20. The molecule has 2 aromatic carbocycles. The van der Waals surface area contributed by atoms with Gasteiger partial charge in [-0.3, -0.25) is 0 Å². The Morgan fingerprint density at radius 1 is 1.05 bits per heavy atom. The Balaban J connectivity index is 1.95. The second-order valence-corrected chi connectivity index (χ2v) is 6.17. The number of hydrogen-bond donors (Lipinski definition) is 2. The average Bonchev–Trinajstić information content (AvgIpc) is 2.44. The second-order valence-electron chi connectivity index (χ2n) is 4.52. The van der Waals surface area contributed by atoms with E-state index in [9.17, 15) is 0 Å². The second kappa shape index (κ2) is 7.32. The Bertz CT molecular complexity index is 674. The number of anilines is 1. The van der Waals surface area contributed by atoms with Gasteiger partial charge in [0.15, 0.2) is 5.11 Å². The summed E-state index contributed by atoms with van der Waals surface area (Å²) in [6, 6.07) is 11.1. The van der Waals surface area contributed by atoms with E-state index in [0.29, 0.717) is 26.7 Å². The van der Waals surface area contributed by atoms with Crippen LogP contribution in [0.1, 0.15) is 11.1 Å². The topological polar surface area (TPSA) is 24.1 Å². The molecule has 0 bridgehead atoms. The van der Waals surface area contributed by atoms with Crippen LogP contribution in [0.4, 0.5) is 5.69 Å². The van der Waals surface area contributed by atoms with Crippen molar-refractivity contribution in [3.05, 3.63) is 62.6 Å². The van der Waals surface area contributed by atoms with Gasteiger partial charge in [0.2, 0.25) is 0 Å². The molecule has 0 spiro atoms. The SMILES string of the molecule is Cc1ccc(Cl)cc1NC(=S)NCc1ccc(Cl)c(Cl)c1. The van der Waals surface area contributed by atoms with Crippen LogP contribution in [-0.4, -0.2) is 5.11 Å². The van der Waals surface area contributed by atoms with Crippen LogP contribution < -0.4 is 10.6 Å². The molecule has 0 saturated carbocycles. The molecule has 0 heterocycles. The van der Waals surface area contributed by atoms with E-state index in [2.05, 4.69) is 10.6 Å². The van der Waals surface area contributed by atoms with Crippen LogP contribution in [0.2, 0.25) is 15.1 Å². The van der Waals surface area contributed by atoms with Crippen LogP contribution in [0.3, 0.4) is 0 Å². The minimum Gasteiger partial charge on any atom is -0.358 e. The molecule has 2 nitrogen and oxygen atoms in total. The molecule has 0 unspecified atom stereocenters. The fourth-order valence-electron chi connectivity index (χ4n) is 1.73. The van der Waals surface area contributed by atoms with E-state index in [0.717, 1.165) is 16.8 Å². The predicted molar refractivity (Wildman–Crippen MR) is 95.7 cm³/mol.